The minimum absolute atomic E-state index is 0.118. The Morgan fingerprint density at radius 3 is 2.62 bits per heavy atom. The fourth-order valence-electron chi connectivity index (χ4n) is 3.73. The van der Waals surface area contributed by atoms with Crippen molar-refractivity contribution in [1.29, 1.82) is 0 Å². The fourth-order valence-corrected chi connectivity index (χ4v) is 3.73. The summed E-state index contributed by atoms with van der Waals surface area (Å²) in [7, 11) is 1.44. The summed E-state index contributed by atoms with van der Waals surface area (Å²) in [6.07, 6.45) is -0.894. The minimum atomic E-state index is -3.53. The Balaban J connectivity index is 1.93. The van der Waals surface area contributed by atoms with E-state index in [-0.39, 0.29) is 5.69 Å². The number of para-hydroxylation sites is 1. The molecule has 2 heterocycles. The predicted octanol–water partition coefficient (Wildman–Crippen LogP) is 4.98. The van der Waals surface area contributed by atoms with Gasteiger partial charge in [0.2, 0.25) is 11.7 Å². The molecule has 1 aromatic heterocycles. The summed E-state index contributed by atoms with van der Waals surface area (Å²) in [4.78, 5) is 24.4. The first kappa shape index (κ1) is 23.0. The van der Waals surface area contributed by atoms with Crippen molar-refractivity contribution >= 4 is 17.3 Å². The Bertz CT molecular complexity index is 1340. The third-order valence-electron chi connectivity index (χ3n) is 5.40. The number of halogens is 2. The zero-order chi connectivity index (χ0) is 24.6. The van der Waals surface area contributed by atoms with Crippen LogP contribution in [0.5, 0.6) is 17.2 Å². The van der Waals surface area contributed by atoms with E-state index in [4.69, 9.17) is 9.47 Å². The number of nitrogens with one attached hydrogen (secondary N) is 2. The highest BCUT2D eigenvalue weighted by Gasteiger charge is 2.39. The number of fused-ring (bicyclic) bond motifs is 1. The molecule has 2 N–H and O–H groups in total. The number of aromatic nitrogens is 1. The summed E-state index contributed by atoms with van der Waals surface area (Å²) in [5.41, 5.74) is 2.49. The molecule has 4 rings (SSSR count). The maximum atomic E-state index is 13.9. The number of ether oxygens (including phenoxy) is 2. The fraction of sp³-hybridized carbons (Fsp3) is 0.200. The highest BCUT2D eigenvalue weighted by Crippen LogP contribution is 2.44. The van der Waals surface area contributed by atoms with E-state index in [1.165, 1.54) is 13.2 Å². The maximum absolute atomic E-state index is 13.9. The van der Waals surface area contributed by atoms with Gasteiger partial charge in [-0.3, -0.25) is 9.59 Å². The number of hydrogen-bond donors (Lipinski definition) is 2. The van der Waals surface area contributed by atoms with Crippen LogP contribution >= 0.6 is 0 Å². The SMILES string of the molecule is C=CC(=O)Nc1ccc(Oc2c(C)cccc2C)c(-c2cn(C)c(=O)c3c2NCC(F)(F)O3)c1. The summed E-state index contributed by atoms with van der Waals surface area (Å²) in [6.45, 7) is 6.46. The molecular formula is C25H23F2N3O4. The third-order valence-corrected chi connectivity index (χ3v) is 5.40. The highest BCUT2D eigenvalue weighted by atomic mass is 19.3. The monoisotopic (exact) mass is 467 g/mol. The molecule has 0 atom stereocenters. The molecule has 7 nitrogen and oxygen atoms in total. The molecule has 176 valence electrons. The molecule has 0 spiro atoms. The maximum Gasteiger partial charge on any atom is 0.415 e. The van der Waals surface area contributed by atoms with Crippen LogP contribution in [0.3, 0.4) is 0 Å². The summed E-state index contributed by atoms with van der Waals surface area (Å²) in [6, 6.07) is 10.7. The number of alkyl halides is 2. The average Bonchev–Trinajstić information content (AvgIpc) is 2.79. The molecule has 34 heavy (non-hydrogen) atoms. The third kappa shape index (κ3) is 4.36. The molecule has 0 bridgehead atoms. The summed E-state index contributed by atoms with van der Waals surface area (Å²) < 4.78 is 40.0. The molecule has 0 fully saturated rings. The van der Waals surface area contributed by atoms with E-state index in [2.05, 4.69) is 17.2 Å². The van der Waals surface area contributed by atoms with Crippen molar-refractivity contribution in [3.05, 3.63) is 76.7 Å². The number of nitrogens with zero attached hydrogens (tertiary/aromatic N) is 1. The highest BCUT2D eigenvalue weighted by molar-refractivity contribution is 6.00. The van der Waals surface area contributed by atoms with Gasteiger partial charge >= 0.3 is 6.11 Å². The number of amides is 1. The Hall–Kier alpha value is -4.14. The summed E-state index contributed by atoms with van der Waals surface area (Å²) in [5, 5.41) is 5.31. The molecule has 0 saturated heterocycles. The number of carbonyl (C=O) groups is 1. The van der Waals surface area contributed by atoms with Gasteiger partial charge in [0.15, 0.2) is 0 Å². The van der Waals surface area contributed by atoms with Crippen molar-refractivity contribution < 1.29 is 23.0 Å². The van der Waals surface area contributed by atoms with Crippen LogP contribution in [0.15, 0.2) is 60.0 Å². The van der Waals surface area contributed by atoms with E-state index in [0.717, 1.165) is 21.8 Å². The number of rotatable bonds is 5. The van der Waals surface area contributed by atoms with Crippen LogP contribution in [0.2, 0.25) is 0 Å². The van der Waals surface area contributed by atoms with Gasteiger partial charge in [-0.2, -0.15) is 8.78 Å². The number of anilines is 2. The van der Waals surface area contributed by atoms with Gasteiger partial charge in [-0.05, 0) is 49.2 Å². The van der Waals surface area contributed by atoms with E-state index in [1.54, 1.807) is 18.2 Å². The molecular weight excluding hydrogens is 444 g/mol. The van der Waals surface area contributed by atoms with Gasteiger partial charge in [0.05, 0.1) is 5.69 Å². The quantitative estimate of drug-likeness (QED) is 0.517. The summed E-state index contributed by atoms with van der Waals surface area (Å²) >= 11 is 0. The van der Waals surface area contributed by atoms with Crippen molar-refractivity contribution in [2.75, 3.05) is 17.2 Å². The molecule has 0 aliphatic carbocycles. The van der Waals surface area contributed by atoms with Gasteiger partial charge in [-0.15, -0.1) is 0 Å². The van der Waals surface area contributed by atoms with Crippen LogP contribution in [0.25, 0.3) is 11.1 Å². The molecule has 0 saturated carbocycles. The van der Waals surface area contributed by atoms with Crippen molar-refractivity contribution in [3.63, 3.8) is 0 Å². The van der Waals surface area contributed by atoms with Crippen molar-refractivity contribution in [2.45, 2.75) is 20.0 Å². The van der Waals surface area contributed by atoms with Gasteiger partial charge in [-0.1, -0.05) is 24.8 Å². The van der Waals surface area contributed by atoms with Crippen LogP contribution < -0.4 is 25.7 Å². The second kappa shape index (κ2) is 8.66. The smallest absolute Gasteiger partial charge is 0.415 e. The first-order valence-corrected chi connectivity index (χ1v) is 10.5. The zero-order valence-corrected chi connectivity index (χ0v) is 18.9. The molecule has 1 amide bonds. The van der Waals surface area contributed by atoms with Crippen molar-refractivity contribution in [1.82, 2.24) is 4.57 Å². The number of pyridine rings is 1. The lowest BCUT2D eigenvalue weighted by atomic mass is 10.0. The van der Waals surface area contributed by atoms with Crippen LogP contribution in [-0.2, 0) is 11.8 Å². The van der Waals surface area contributed by atoms with Crippen LogP contribution in [0.1, 0.15) is 11.1 Å². The van der Waals surface area contributed by atoms with E-state index in [9.17, 15) is 18.4 Å². The Labute approximate surface area is 194 Å². The standard InChI is InChI=1S/C25H23F2N3O4/c1-5-20(31)29-16-9-10-19(33-22-14(2)7-6-8-15(22)3)17(11-16)18-12-30(4)24(32)23-21(18)28-13-25(26,27)34-23/h5-12,28H,1,13H2,2-4H3,(H,29,31). The molecule has 3 aromatic rings. The van der Waals surface area contributed by atoms with Gasteiger partial charge in [-0.25, -0.2) is 0 Å². The lowest BCUT2D eigenvalue weighted by Crippen LogP contribution is -2.40. The Morgan fingerprint density at radius 2 is 1.94 bits per heavy atom. The molecule has 0 unspecified atom stereocenters. The van der Waals surface area contributed by atoms with Crippen LogP contribution in [0, 0.1) is 13.8 Å². The lowest BCUT2D eigenvalue weighted by Gasteiger charge is -2.28. The van der Waals surface area contributed by atoms with E-state index in [0.29, 0.717) is 28.3 Å². The van der Waals surface area contributed by atoms with E-state index < -0.39 is 29.9 Å². The summed E-state index contributed by atoms with van der Waals surface area (Å²) in [5.74, 6) is 0.128. The molecule has 1 aliphatic rings. The molecule has 1 aliphatic heterocycles. The van der Waals surface area contributed by atoms with Gasteiger partial charge in [0.25, 0.3) is 5.56 Å². The first-order valence-electron chi connectivity index (χ1n) is 10.5. The van der Waals surface area contributed by atoms with Gasteiger partial charge in [0, 0.05) is 30.1 Å². The zero-order valence-electron chi connectivity index (χ0n) is 18.9. The molecule has 9 heteroatoms. The minimum Gasteiger partial charge on any atom is -0.456 e. The number of benzene rings is 2. The second-order valence-electron chi connectivity index (χ2n) is 7.98. The van der Waals surface area contributed by atoms with E-state index >= 15 is 0 Å². The number of carbonyl (C=O) groups excluding carboxylic acids is 1. The normalized spacial score (nSPS) is 13.8. The number of aryl methyl sites for hydroxylation is 3. The van der Waals surface area contributed by atoms with Crippen molar-refractivity contribution in [3.8, 4) is 28.4 Å². The van der Waals surface area contributed by atoms with Crippen LogP contribution in [-0.4, -0.2) is 23.1 Å². The largest absolute Gasteiger partial charge is 0.456 e. The molecule has 2 aromatic carbocycles. The Kier molecular flexibility index (Phi) is 5.87. The topological polar surface area (TPSA) is 81.6 Å². The Morgan fingerprint density at radius 1 is 1.24 bits per heavy atom. The second-order valence-corrected chi connectivity index (χ2v) is 7.98. The molecule has 0 radical (unpaired) electrons. The van der Waals surface area contributed by atoms with E-state index in [1.807, 2.05) is 32.0 Å². The average molecular weight is 467 g/mol. The van der Waals surface area contributed by atoms with Gasteiger partial charge in [0.1, 0.15) is 18.0 Å². The van der Waals surface area contributed by atoms with Crippen LogP contribution in [0.4, 0.5) is 20.2 Å². The predicted molar refractivity (Wildman–Crippen MR) is 126 cm³/mol. The first-order chi connectivity index (χ1) is 16.1. The van der Waals surface area contributed by atoms with Crippen molar-refractivity contribution in [2.24, 2.45) is 7.05 Å². The number of hydrogen-bond acceptors (Lipinski definition) is 5. The van der Waals surface area contributed by atoms with Gasteiger partial charge < -0.3 is 24.7 Å². The lowest BCUT2D eigenvalue weighted by molar-refractivity contribution is -0.167.